The first-order valence-corrected chi connectivity index (χ1v) is 5.60. The van der Waals surface area contributed by atoms with E-state index in [-0.39, 0.29) is 6.04 Å². The molecule has 1 aromatic rings. The zero-order valence-electron chi connectivity index (χ0n) is 8.26. The van der Waals surface area contributed by atoms with E-state index in [0.717, 1.165) is 24.8 Å². The Kier molecular flexibility index (Phi) is 4.73. The second-order valence-corrected chi connectivity index (χ2v) is 4.32. The maximum absolute atomic E-state index is 6.00. The van der Waals surface area contributed by atoms with Crippen molar-refractivity contribution in [1.29, 1.82) is 0 Å². The van der Waals surface area contributed by atoms with Gasteiger partial charge in [0.25, 0.3) is 0 Å². The summed E-state index contributed by atoms with van der Waals surface area (Å²) in [7, 11) is 0. The number of hydrogen-bond acceptors (Lipinski definition) is 1. The molecule has 0 aromatic heterocycles. The van der Waals surface area contributed by atoms with Crippen LogP contribution in [0.2, 0.25) is 10.0 Å². The molecule has 1 aromatic carbocycles. The van der Waals surface area contributed by atoms with Crippen molar-refractivity contribution < 1.29 is 0 Å². The molecular weight excluding hydrogens is 217 g/mol. The number of unbranched alkanes of at least 4 members (excludes halogenated alkanes) is 1. The third kappa shape index (κ3) is 3.49. The molecule has 0 aliphatic rings. The van der Waals surface area contributed by atoms with Gasteiger partial charge >= 0.3 is 0 Å². The van der Waals surface area contributed by atoms with E-state index in [9.17, 15) is 0 Å². The molecule has 0 fully saturated rings. The molecule has 3 heteroatoms. The molecule has 0 unspecified atom stereocenters. The van der Waals surface area contributed by atoms with Crippen LogP contribution >= 0.6 is 23.2 Å². The number of halogens is 2. The van der Waals surface area contributed by atoms with Crippen LogP contribution in [0.4, 0.5) is 0 Å². The van der Waals surface area contributed by atoms with Crippen LogP contribution in [-0.4, -0.2) is 0 Å². The smallest absolute Gasteiger partial charge is 0.0424 e. The van der Waals surface area contributed by atoms with Crippen molar-refractivity contribution in [1.82, 2.24) is 0 Å². The first-order chi connectivity index (χ1) is 6.63. The molecule has 1 nitrogen and oxygen atoms in total. The van der Waals surface area contributed by atoms with Gasteiger partial charge in [0.15, 0.2) is 0 Å². The lowest BCUT2D eigenvalue weighted by atomic mass is 10.0. The normalized spacial score (nSPS) is 12.9. The molecule has 78 valence electrons. The van der Waals surface area contributed by atoms with Gasteiger partial charge in [-0.25, -0.2) is 0 Å². The van der Waals surface area contributed by atoms with E-state index in [2.05, 4.69) is 6.92 Å². The summed E-state index contributed by atoms with van der Waals surface area (Å²) in [5.74, 6) is 0. The lowest BCUT2D eigenvalue weighted by molar-refractivity contribution is 0.603. The Morgan fingerprint density at radius 2 is 1.79 bits per heavy atom. The van der Waals surface area contributed by atoms with Gasteiger partial charge in [-0.1, -0.05) is 43.0 Å². The molecule has 0 saturated carbocycles. The highest BCUT2D eigenvalue weighted by Crippen LogP contribution is 2.24. The summed E-state index contributed by atoms with van der Waals surface area (Å²) in [6.07, 6.45) is 3.26. The highest BCUT2D eigenvalue weighted by atomic mass is 35.5. The molecule has 0 bridgehead atoms. The van der Waals surface area contributed by atoms with E-state index in [0.29, 0.717) is 10.0 Å². The minimum absolute atomic E-state index is 0.0474. The monoisotopic (exact) mass is 231 g/mol. The Labute approximate surface area is 95.2 Å². The maximum atomic E-state index is 6.00. The zero-order chi connectivity index (χ0) is 10.6. The second-order valence-electron chi connectivity index (χ2n) is 3.45. The van der Waals surface area contributed by atoms with E-state index >= 15 is 0 Å². The van der Waals surface area contributed by atoms with E-state index in [4.69, 9.17) is 28.9 Å². The summed E-state index contributed by atoms with van der Waals surface area (Å²) in [6.45, 7) is 2.15. The fourth-order valence-electron chi connectivity index (χ4n) is 1.38. The molecule has 0 amide bonds. The minimum atomic E-state index is 0.0474. The summed E-state index contributed by atoms with van der Waals surface area (Å²) in [6, 6.07) is 5.53. The van der Waals surface area contributed by atoms with Crippen molar-refractivity contribution in [2.75, 3.05) is 0 Å². The van der Waals surface area contributed by atoms with Crippen molar-refractivity contribution in [3.8, 4) is 0 Å². The fourth-order valence-corrected chi connectivity index (χ4v) is 1.92. The van der Waals surface area contributed by atoms with Gasteiger partial charge < -0.3 is 5.73 Å². The summed E-state index contributed by atoms with van der Waals surface area (Å²) in [4.78, 5) is 0. The Balaban J connectivity index is 2.73. The number of nitrogens with two attached hydrogens (primary N) is 1. The van der Waals surface area contributed by atoms with Crippen LogP contribution in [0.5, 0.6) is 0 Å². The minimum Gasteiger partial charge on any atom is -0.324 e. The first-order valence-electron chi connectivity index (χ1n) is 4.85. The molecule has 0 heterocycles. The summed E-state index contributed by atoms with van der Waals surface area (Å²) in [5.41, 5.74) is 7.03. The Bertz CT molecular complexity index is 279. The van der Waals surface area contributed by atoms with Crippen LogP contribution < -0.4 is 5.73 Å². The van der Waals surface area contributed by atoms with Crippen molar-refractivity contribution in [2.24, 2.45) is 5.73 Å². The fraction of sp³-hybridized carbons (Fsp3) is 0.455. The zero-order valence-corrected chi connectivity index (χ0v) is 9.78. The maximum Gasteiger partial charge on any atom is 0.0424 e. The molecule has 0 aliphatic heterocycles. The van der Waals surface area contributed by atoms with Crippen LogP contribution in [0, 0.1) is 0 Å². The summed E-state index contributed by atoms with van der Waals surface area (Å²) in [5, 5.41) is 1.30. The van der Waals surface area contributed by atoms with Gasteiger partial charge in [-0.3, -0.25) is 0 Å². The van der Waals surface area contributed by atoms with Crippen LogP contribution in [-0.2, 0) is 0 Å². The van der Waals surface area contributed by atoms with E-state index in [1.807, 2.05) is 12.1 Å². The van der Waals surface area contributed by atoms with Crippen LogP contribution in [0.1, 0.15) is 37.8 Å². The molecule has 1 rings (SSSR count). The number of rotatable bonds is 4. The lowest BCUT2D eigenvalue weighted by Crippen LogP contribution is -2.09. The Morgan fingerprint density at radius 3 is 2.29 bits per heavy atom. The molecule has 1 atom stereocenters. The van der Waals surface area contributed by atoms with E-state index < -0.39 is 0 Å². The van der Waals surface area contributed by atoms with Gasteiger partial charge in [0, 0.05) is 16.1 Å². The third-order valence-electron chi connectivity index (χ3n) is 2.18. The molecule has 0 spiro atoms. The number of hydrogen-bond donors (Lipinski definition) is 1. The number of benzene rings is 1. The summed E-state index contributed by atoms with van der Waals surface area (Å²) >= 11 is 11.8. The predicted molar refractivity (Wildman–Crippen MR) is 62.9 cm³/mol. The highest BCUT2D eigenvalue weighted by Gasteiger charge is 2.06. The van der Waals surface area contributed by atoms with Crippen molar-refractivity contribution >= 4 is 23.2 Å². The van der Waals surface area contributed by atoms with Gasteiger partial charge in [0.1, 0.15) is 0 Å². The topological polar surface area (TPSA) is 26.0 Å². The largest absolute Gasteiger partial charge is 0.324 e. The molecule has 0 saturated heterocycles. The average Bonchev–Trinajstić information content (AvgIpc) is 2.12. The van der Waals surface area contributed by atoms with Crippen molar-refractivity contribution in [2.45, 2.75) is 32.2 Å². The predicted octanol–water partition coefficient (Wildman–Crippen LogP) is 4.18. The van der Waals surface area contributed by atoms with Gasteiger partial charge in [-0.2, -0.15) is 0 Å². The average molecular weight is 232 g/mol. The molecule has 0 radical (unpaired) electrons. The molecule has 0 aliphatic carbocycles. The van der Waals surface area contributed by atoms with Gasteiger partial charge in [0.05, 0.1) is 0 Å². The van der Waals surface area contributed by atoms with Gasteiger partial charge in [0.2, 0.25) is 0 Å². The van der Waals surface area contributed by atoms with Crippen LogP contribution in [0.3, 0.4) is 0 Å². The van der Waals surface area contributed by atoms with Crippen LogP contribution in [0.25, 0.3) is 0 Å². The third-order valence-corrected chi connectivity index (χ3v) is 2.62. The molecular formula is C11H15Cl2N. The SMILES string of the molecule is CCCC[C@@H](N)c1cc(Cl)cc(Cl)c1. The van der Waals surface area contributed by atoms with Gasteiger partial charge in [-0.05, 0) is 30.2 Å². The molecule has 14 heavy (non-hydrogen) atoms. The standard InChI is InChI=1S/C11H15Cl2N/c1-2-3-4-11(14)8-5-9(12)7-10(13)6-8/h5-7,11H,2-4,14H2,1H3/t11-/m1/s1. The van der Waals surface area contributed by atoms with E-state index in [1.54, 1.807) is 6.07 Å². The van der Waals surface area contributed by atoms with Crippen molar-refractivity contribution in [3.05, 3.63) is 33.8 Å². The van der Waals surface area contributed by atoms with Gasteiger partial charge in [-0.15, -0.1) is 0 Å². The highest BCUT2D eigenvalue weighted by molar-refractivity contribution is 6.34. The molecule has 2 N–H and O–H groups in total. The second kappa shape index (κ2) is 5.59. The Morgan fingerprint density at radius 1 is 1.21 bits per heavy atom. The van der Waals surface area contributed by atoms with Crippen LogP contribution in [0.15, 0.2) is 18.2 Å². The Hall–Kier alpha value is -0.240. The van der Waals surface area contributed by atoms with Crippen molar-refractivity contribution in [3.63, 3.8) is 0 Å². The quantitative estimate of drug-likeness (QED) is 0.827. The first kappa shape index (κ1) is 11.8. The summed E-state index contributed by atoms with van der Waals surface area (Å²) < 4.78 is 0. The van der Waals surface area contributed by atoms with E-state index in [1.165, 1.54) is 0 Å². The lowest BCUT2D eigenvalue weighted by Gasteiger charge is -2.12.